The molecular formula is C25H31N5O2S. The Hall–Kier alpha value is -3.13. The van der Waals surface area contributed by atoms with Gasteiger partial charge in [0, 0.05) is 18.3 Å². The Balaban J connectivity index is 1.68. The maximum atomic E-state index is 12.7. The molecule has 2 aromatic carbocycles. The molecule has 1 atom stereocenters. The summed E-state index contributed by atoms with van der Waals surface area (Å²) in [6.07, 6.45) is 0. The van der Waals surface area contributed by atoms with Crippen LogP contribution in [0.5, 0.6) is 0 Å². The molecule has 0 saturated carbocycles. The third-order valence-electron chi connectivity index (χ3n) is 5.41. The monoisotopic (exact) mass is 465 g/mol. The summed E-state index contributed by atoms with van der Waals surface area (Å²) in [5.74, 6) is 0.713. The maximum Gasteiger partial charge on any atom is 0.251 e. The smallest absolute Gasteiger partial charge is 0.251 e. The van der Waals surface area contributed by atoms with Gasteiger partial charge in [0.05, 0.1) is 11.8 Å². The summed E-state index contributed by atoms with van der Waals surface area (Å²) in [7, 11) is 1.86. The first-order chi connectivity index (χ1) is 15.7. The number of carbonyl (C=O) groups excluding carboxylic acids is 2. The van der Waals surface area contributed by atoms with Crippen LogP contribution in [0, 0.1) is 26.7 Å². The van der Waals surface area contributed by atoms with Gasteiger partial charge in [-0.1, -0.05) is 61.5 Å². The molecule has 0 spiro atoms. The van der Waals surface area contributed by atoms with Crippen LogP contribution >= 0.6 is 11.8 Å². The van der Waals surface area contributed by atoms with Crippen LogP contribution in [0.1, 0.15) is 52.8 Å². The van der Waals surface area contributed by atoms with Crippen LogP contribution in [-0.4, -0.2) is 32.3 Å². The third-order valence-corrected chi connectivity index (χ3v) is 6.43. The Bertz CT molecular complexity index is 1120. The highest BCUT2D eigenvalue weighted by molar-refractivity contribution is 7.99. The van der Waals surface area contributed by atoms with E-state index in [0.717, 1.165) is 16.8 Å². The molecule has 1 heterocycles. The molecule has 33 heavy (non-hydrogen) atoms. The lowest BCUT2D eigenvalue weighted by Crippen LogP contribution is -2.33. The molecule has 0 saturated heterocycles. The number of benzene rings is 2. The molecular weight excluding hydrogens is 434 g/mol. The molecule has 0 unspecified atom stereocenters. The number of thioether (sulfide) groups is 1. The fraction of sp³-hybridized carbons (Fsp3) is 0.360. The van der Waals surface area contributed by atoms with Crippen LogP contribution in [-0.2, 0) is 11.8 Å². The van der Waals surface area contributed by atoms with Crippen molar-refractivity contribution in [3.05, 3.63) is 70.5 Å². The third kappa shape index (κ3) is 6.01. The molecule has 174 valence electrons. The molecule has 0 fully saturated rings. The molecule has 0 radical (unpaired) electrons. The number of nitrogens with one attached hydrogen (secondary N) is 2. The number of amides is 2. The standard InChI is InChI=1S/C25H31N5O2S/c1-15(2)21(27-24(32)19-10-8-7-9-11-19)23-28-29-25(30(23)6)33-14-20(31)26-22-17(4)12-16(3)13-18(22)5/h7-13,15,21H,14H2,1-6H3,(H,26,31)(H,27,32)/t21-/m0/s1. The predicted octanol–water partition coefficient (Wildman–Crippen LogP) is 4.60. The van der Waals surface area contributed by atoms with Gasteiger partial charge in [0.2, 0.25) is 5.91 Å². The van der Waals surface area contributed by atoms with Gasteiger partial charge in [-0.05, 0) is 49.9 Å². The first-order valence-corrected chi connectivity index (χ1v) is 11.9. The van der Waals surface area contributed by atoms with E-state index in [1.807, 2.05) is 64.4 Å². The van der Waals surface area contributed by atoms with Crippen LogP contribution < -0.4 is 10.6 Å². The van der Waals surface area contributed by atoms with Crippen molar-refractivity contribution >= 4 is 29.3 Å². The van der Waals surface area contributed by atoms with Crippen molar-refractivity contribution in [2.24, 2.45) is 13.0 Å². The zero-order valence-corrected chi connectivity index (χ0v) is 20.8. The number of hydrogen-bond donors (Lipinski definition) is 2. The summed E-state index contributed by atoms with van der Waals surface area (Å²) in [5.41, 5.74) is 4.70. The highest BCUT2D eigenvalue weighted by Crippen LogP contribution is 2.26. The van der Waals surface area contributed by atoms with Crippen molar-refractivity contribution in [2.45, 2.75) is 45.8 Å². The van der Waals surface area contributed by atoms with E-state index in [0.29, 0.717) is 16.5 Å². The molecule has 3 aromatic rings. The second-order valence-corrected chi connectivity index (χ2v) is 9.51. The van der Waals surface area contributed by atoms with Gasteiger partial charge in [0.25, 0.3) is 5.91 Å². The molecule has 0 bridgehead atoms. The van der Waals surface area contributed by atoms with Crippen molar-refractivity contribution in [2.75, 3.05) is 11.1 Å². The Labute approximate surface area is 199 Å². The number of aryl methyl sites for hydroxylation is 3. The highest BCUT2D eigenvalue weighted by atomic mass is 32.2. The molecule has 7 nitrogen and oxygen atoms in total. The van der Waals surface area contributed by atoms with E-state index < -0.39 is 0 Å². The van der Waals surface area contributed by atoms with Gasteiger partial charge in [0.1, 0.15) is 0 Å². The van der Waals surface area contributed by atoms with Crippen LogP contribution in [0.15, 0.2) is 47.6 Å². The molecule has 0 aliphatic rings. The second-order valence-electron chi connectivity index (χ2n) is 8.57. The number of carbonyl (C=O) groups is 2. The first kappa shape index (κ1) is 24.5. The zero-order chi connectivity index (χ0) is 24.1. The number of anilines is 1. The molecule has 2 N–H and O–H groups in total. The van der Waals surface area contributed by atoms with Gasteiger partial charge in [-0.25, -0.2) is 0 Å². The van der Waals surface area contributed by atoms with Gasteiger partial charge in [-0.3, -0.25) is 9.59 Å². The average molecular weight is 466 g/mol. The Morgan fingerprint density at radius 2 is 1.67 bits per heavy atom. The summed E-state index contributed by atoms with van der Waals surface area (Å²) in [6.45, 7) is 10.1. The van der Waals surface area contributed by atoms with E-state index in [9.17, 15) is 9.59 Å². The van der Waals surface area contributed by atoms with Gasteiger partial charge < -0.3 is 15.2 Å². The minimum Gasteiger partial charge on any atom is -0.342 e. The maximum absolute atomic E-state index is 12.7. The van der Waals surface area contributed by atoms with Crippen LogP contribution in [0.25, 0.3) is 0 Å². The first-order valence-electron chi connectivity index (χ1n) is 10.9. The largest absolute Gasteiger partial charge is 0.342 e. The topological polar surface area (TPSA) is 88.9 Å². The molecule has 8 heteroatoms. The summed E-state index contributed by atoms with van der Waals surface area (Å²) in [4.78, 5) is 25.3. The van der Waals surface area contributed by atoms with Crippen molar-refractivity contribution in [1.29, 1.82) is 0 Å². The highest BCUT2D eigenvalue weighted by Gasteiger charge is 2.25. The Morgan fingerprint density at radius 3 is 2.27 bits per heavy atom. The minimum absolute atomic E-state index is 0.0996. The zero-order valence-electron chi connectivity index (χ0n) is 20.0. The number of rotatable bonds is 8. The van der Waals surface area contributed by atoms with Gasteiger partial charge in [-0.15, -0.1) is 10.2 Å². The fourth-order valence-electron chi connectivity index (χ4n) is 3.75. The van der Waals surface area contributed by atoms with Crippen LogP contribution in [0.2, 0.25) is 0 Å². The summed E-state index contributed by atoms with van der Waals surface area (Å²) in [5, 5.41) is 15.3. The molecule has 1 aromatic heterocycles. The molecule has 0 aliphatic heterocycles. The van der Waals surface area contributed by atoms with E-state index in [4.69, 9.17) is 0 Å². The van der Waals surface area contributed by atoms with Crippen molar-refractivity contribution < 1.29 is 9.59 Å². The van der Waals surface area contributed by atoms with Gasteiger partial charge >= 0.3 is 0 Å². The Morgan fingerprint density at radius 1 is 1.03 bits per heavy atom. The SMILES string of the molecule is Cc1cc(C)c(NC(=O)CSc2nnc([C@@H](NC(=O)c3ccccc3)C(C)C)n2C)c(C)c1. The Kier molecular flexibility index (Phi) is 7.92. The number of hydrogen-bond acceptors (Lipinski definition) is 5. The lowest BCUT2D eigenvalue weighted by Gasteiger charge is -2.21. The number of nitrogens with zero attached hydrogens (tertiary/aromatic N) is 3. The van der Waals surface area contributed by atoms with Gasteiger partial charge in [0.15, 0.2) is 11.0 Å². The van der Waals surface area contributed by atoms with E-state index in [2.05, 4.69) is 33.0 Å². The van der Waals surface area contributed by atoms with Crippen LogP contribution in [0.4, 0.5) is 5.69 Å². The normalized spacial score (nSPS) is 12.0. The van der Waals surface area contributed by atoms with Crippen molar-refractivity contribution in [3.63, 3.8) is 0 Å². The lowest BCUT2D eigenvalue weighted by atomic mass is 10.0. The van der Waals surface area contributed by atoms with Crippen LogP contribution in [0.3, 0.4) is 0 Å². The molecule has 2 amide bonds. The fourth-order valence-corrected chi connectivity index (χ4v) is 4.47. The summed E-state index contributed by atoms with van der Waals surface area (Å²) >= 11 is 1.32. The molecule has 3 rings (SSSR count). The quantitative estimate of drug-likeness (QED) is 0.475. The van der Waals surface area contributed by atoms with Crippen molar-refractivity contribution in [3.8, 4) is 0 Å². The molecule has 0 aliphatic carbocycles. The lowest BCUT2D eigenvalue weighted by molar-refractivity contribution is -0.113. The summed E-state index contributed by atoms with van der Waals surface area (Å²) in [6, 6.07) is 12.9. The second kappa shape index (κ2) is 10.7. The average Bonchev–Trinajstić information content (AvgIpc) is 3.13. The minimum atomic E-state index is -0.309. The number of aromatic nitrogens is 3. The van der Waals surface area contributed by atoms with Gasteiger partial charge in [-0.2, -0.15) is 0 Å². The van der Waals surface area contributed by atoms with E-state index in [1.165, 1.54) is 17.3 Å². The van der Waals surface area contributed by atoms with E-state index in [1.54, 1.807) is 12.1 Å². The van der Waals surface area contributed by atoms with E-state index in [-0.39, 0.29) is 29.5 Å². The predicted molar refractivity (Wildman–Crippen MR) is 132 cm³/mol. The van der Waals surface area contributed by atoms with E-state index >= 15 is 0 Å². The summed E-state index contributed by atoms with van der Waals surface area (Å²) < 4.78 is 1.84. The van der Waals surface area contributed by atoms with Crippen molar-refractivity contribution in [1.82, 2.24) is 20.1 Å².